The largest absolute Gasteiger partial charge is 0.382 e. The fourth-order valence-electron chi connectivity index (χ4n) is 2.80. The van der Waals surface area contributed by atoms with Crippen LogP contribution in [0, 0.1) is 0 Å². The van der Waals surface area contributed by atoms with Crippen molar-refractivity contribution in [2.45, 2.75) is 13.2 Å². The number of hydrogen-bond donors (Lipinski definition) is 1. The second-order valence-electron chi connectivity index (χ2n) is 5.52. The van der Waals surface area contributed by atoms with Gasteiger partial charge in [0.15, 0.2) is 5.82 Å². The molecule has 0 fully saturated rings. The zero-order valence-electron chi connectivity index (χ0n) is 13.1. The molecule has 0 amide bonds. The Bertz CT molecular complexity index is 981. The molecule has 0 aliphatic carbocycles. The van der Waals surface area contributed by atoms with Crippen molar-refractivity contribution < 1.29 is 4.74 Å². The first-order valence-corrected chi connectivity index (χ1v) is 7.79. The van der Waals surface area contributed by atoms with Crippen LogP contribution in [0.3, 0.4) is 0 Å². The Morgan fingerprint density at radius 3 is 2.79 bits per heavy atom. The molecule has 120 valence electrons. The predicted octanol–water partition coefficient (Wildman–Crippen LogP) is 2.78. The number of hydrogen-bond acceptors (Lipinski definition) is 5. The van der Waals surface area contributed by atoms with E-state index >= 15 is 0 Å². The maximum absolute atomic E-state index is 6.04. The molecule has 0 radical (unpaired) electrons. The molecule has 3 aromatic heterocycles. The number of pyridine rings is 2. The Balaban J connectivity index is 1.56. The number of rotatable bonds is 5. The van der Waals surface area contributed by atoms with E-state index < -0.39 is 0 Å². The fourth-order valence-corrected chi connectivity index (χ4v) is 2.80. The van der Waals surface area contributed by atoms with Crippen LogP contribution in [0.5, 0.6) is 0 Å². The van der Waals surface area contributed by atoms with Gasteiger partial charge < -0.3 is 15.0 Å². The van der Waals surface area contributed by atoms with Gasteiger partial charge in [-0.25, -0.2) is 9.97 Å². The lowest BCUT2D eigenvalue weighted by Crippen LogP contribution is -2.06. The number of nitrogen functional groups attached to an aromatic ring is 1. The van der Waals surface area contributed by atoms with Gasteiger partial charge in [0.2, 0.25) is 0 Å². The lowest BCUT2D eigenvalue weighted by Gasteiger charge is -2.08. The third-order valence-corrected chi connectivity index (χ3v) is 3.93. The number of benzene rings is 1. The van der Waals surface area contributed by atoms with E-state index in [2.05, 4.69) is 19.5 Å². The van der Waals surface area contributed by atoms with E-state index in [-0.39, 0.29) is 0 Å². The average Bonchev–Trinajstić information content (AvgIpc) is 3.05. The van der Waals surface area contributed by atoms with Crippen LogP contribution in [0.15, 0.2) is 55.0 Å². The number of imidazole rings is 1. The van der Waals surface area contributed by atoms with Gasteiger partial charge in [0, 0.05) is 18.1 Å². The van der Waals surface area contributed by atoms with Gasteiger partial charge in [0.25, 0.3) is 0 Å². The van der Waals surface area contributed by atoms with E-state index in [9.17, 15) is 0 Å². The normalized spacial score (nSPS) is 11.3. The Kier molecular flexibility index (Phi) is 3.80. The Hall–Kier alpha value is -2.99. The maximum atomic E-state index is 6.04. The van der Waals surface area contributed by atoms with Gasteiger partial charge in [-0.2, -0.15) is 0 Å². The van der Waals surface area contributed by atoms with Crippen molar-refractivity contribution in [3.8, 4) is 0 Å². The third-order valence-electron chi connectivity index (χ3n) is 3.93. The van der Waals surface area contributed by atoms with Gasteiger partial charge in [-0.1, -0.05) is 24.3 Å². The number of nitrogens with zero attached hydrogens (tertiary/aromatic N) is 4. The first-order chi connectivity index (χ1) is 11.8. The summed E-state index contributed by atoms with van der Waals surface area (Å²) >= 11 is 0. The first kappa shape index (κ1) is 14.6. The highest BCUT2D eigenvalue weighted by Crippen LogP contribution is 2.26. The van der Waals surface area contributed by atoms with Gasteiger partial charge in [0.1, 0.15) is 5.52 Å². The number of para-hydroxylation sites is 1. The SMILES string of the molecule is Nc1nc2ccccc2c2c1ncn2CCOCc1ccccn1. The summed E-state index contributed by atoms with van der Waals surface area (Å²) < 4.78 is 7.79. The van der Waals surface area contributed by atoms with Crippen LogP contribution in [-0.4, -0.2) is 26.1 Å². The van der Waals surface area contributed by atoms with Crippen LogP contribution >= 0.6 is 0 Å². The molecular formula is C18H17N5O. The van der Waals surface area contributed by atoms with Crippen molar-refractivity contribution in [2.24, 2.45) is 0 Å². The average molecular weight is 319 g/mol. The van der Waals surface area contributed by atoms with E-state index in [1.807, 2.05) is 42.5 Å². The molecule has 4 rings (SSSR count). The van der Waals surface area contributed by atoms with Crippen LogP contribution in [0.1, 0.15) is 5.69 Å². The monoisotopic (exact) mass is 319 g/mol. The lowest BCUT2D eigenvalue weighted by atomic mass is 10.2. The summed E-state index contributed by atoms with van der Waals surface area (Å²) in [7, 11) is 0. The molecule has 6 heteroatoms. The molecule has 2 N–H and O–H groups in total. The highest BCUT2D eigenvalue weighted by molar-refractivity contribution is 6.06. The van der Waals surface area contributed by atoms with Crippen LogP contribution in [-0.2, 0) is 17.9 Å². The van der Waals surface area contributed by atoms with E-state index in [0.717, 1.165) is 27.6 Å². The molecule has 0 bridgehead atoms. The summed E-state index contributed by atoms with van der Waals surface area (Å²) in [5.41, 5.74) is 9.57. The van der Waals surface area contributed by atoms with Crippen molar-refractivity contribution in [3.63, 3.8) is 0 Å². The standard InChI is InChI=1S/C18H17N5O/c19-18-16-17(14-6-1-2-7-15(14)22-18)23(12-21-16)9-10-24-11-13-5-3-4-8-20-13/h1-8,12H,9-11H2,(H2,19,22). The van der Waals surface area contributed by atoms with E-state index in [4.69, 9.17) is 10.5 Å². The summed E-state index contributed by atoms with van der Waals surface area (Å²) in [5, 5.41) is 1.05. The van der Waals surface area contributed by atoms with E-state index in [1.54, 1.807) is 12.5 Å². The summed E-state index contributed by atoms with van der Waals surface area (Å²) in [6, 6.07) is 13.7. The van der Waals surface area contributed by atoms with Crippen LogP contribution in [0.4, 0.5) is 5.82 Å². The Labute approximate surface area is 138 Å². The second-order valence-corrected chi connectivity index (χ2v) is 5.52. The molecule has 24 heavy (non-hydrogen) atoms. The lowest BCUT2D eigenvalue weighted by molar-refractivity contribution is 0.111. The number of nitrogens with two attached hydrogens (primary N) is 1. The van der Waals surface area contributed by atoms with Crippen LogP contribution in [0.2, 0.25) is 0 Å². The fraction of sp³-hybridized carbons (Fsp3) is 0.167. The minimum Gasteiger partial charge on any atom is -0.382 e. The highest BCUT2D eigenvalue weighted by Gasteiger charge is 2.11. The minimum atomic E-state index is 0.455. The second kappa shape index (κ2) is 6.25. The molecule has 1 aromatic carbocycles. The molecule has 0 saturated carbocycles. The number of fused-ring (bicyclic) bond motifs is 3. The first-order valence-electron chi connectivity index (χ1n) is 7.79. The van der Waals surface area contributed by atoms with Crippen molar-refractivity contribution in [1.29, 1.82) is 0 Å². The van der Waals surface area contributed by atoms with E-state index in [1.165, 1.54) is 0 Å². The van der Waals surface area contributed by atoms with E-state index in [0.29, 0.717) is 25.6 Å². The molecule has 0 unspecified atom stereocenters. The minimum absolute atomic E-state index is 0.455. The molecule has 0 spiro atoms. The summed E-state index contributed by atoms with van der Waals surface area (Å²) in [6.45, 7) is 1.76. The molecular weight excluding hydrogens is 302 g/mol. The van der Waals surface area contributed by atoms with Gasteiger partial charge >= 0.3 is 0 Å². The topological polar surface area (TPSA) is 78.8 Å². The molecule has 0 aliphatic rings. The smallest absolute Gasteiger partial charge is 0.152 e. The van der Waals surface area contributed by atoms with Gasteiger partial charge in [-0.15, -0.1) is 0 Å². The number of aromatic nitrogens is 4. The zero-order valence-corrected chi connectivity index (χ0v) is 13.1. The number of anilines is 1. The predicted molar refractivity (Wildman–Crippen MR) is 93.3 cm³/mol. The van der Waals surface area contributed by atoms with Crippen molar-refractivity contribution in [2.75, 3.05) is 12.3 Å². The summed E-state index contributed by atoms with van der Waals surface area (Å²) in [5.74, 6) is 0.455. The molecule has 4 aromatic rings. The molecule has 0 aliphatic heterocycles. The zero-order chi connectivity index (χ0) is 16.4. The van der Waals surface area contributed by atoms with Gasteiger partial charge in [-0.3, -0.25) is 4.98 Å². The van der Waals surface area contributed by atoms with Crippen molar-refractivity contribution in [3.05, 3.63) is 60.7 Å². The number of ether oxygens (including phenoxy) is 1. The molecule has 0 atom stereocenters. The third kappa shape index (κ3) is 2.68. The van der Waals surface area contributed by atoms with Gasteiger partial charge in [-0.05, 0) is 18.2 Å². The Morgan fingerprint density at radius 1 is 1.04 bits per heavy atom. The van der Waals surface area contributed by atoms with Gasteiger partial charge in [0.05, 0.1) is 36.3 Å². The molecule has 3 heterocycles. The van der Waals surface area contributed by atoms with Crippen molar-refractivity contribution in [1.82, 2.24) is 19.5 Å². The quantitative estimate of drug-likeness (QED) is 0.572. The van der Waals surface area contributed by atoms with Crippen LogP contribution in [0.25, 0.3) is 21.9 Å². The summed E-state index contributed by atoms with van der Waals surface area (Å²) in [4.78, 5) is 13.1. The molecule has 0 saturated heterocycles. The maximum Gasteiger partial charge on any atom is 0.152 e. The van der Waals surface area contributed by atoms with Crippen LogP contribution < -0.4 is 5.73 Å². The molecule has 6 nitrogen and oxygen atoms in total. The highest BCUT2D eigenvalue weighted by atomic mass is 16.5. The Morgan fingerprint density at radius 2 is 1.92 bits per heavy atom. The van der Waals surface area contributed by atoms with Crippen molar-refractivity contribution >= 4 is 27.8 Å². The summed E-state index contributed by atoms with van der Waals surface area (Å²) in [6.07, 6.45) is 3.56.